The third-order valence-corrected chi connectivity index (χ3v) is 5.96. The van der Waals surface area contributed by atoms with Crippen molar-refractivity contribution in [1.82, 2.24) is 20.0 Å². The van der Waals surface area contributed by atoms with Crippen LogP contribution in [0, 0.1) is 25.7 Å². The van der Waals surface area contributed by atoms with E-state index >= 15 is 0 Å². The molecule has 1 aliphatic rings. The van der Waals surface area contributed by atoms with E-state index in [1.54, 1.807) is 0 Å². The van der Waals surface area contributed by atoms with Gasteiger partial charge in [-0.1, -0.05) is 13.0 Å². The van der Waals surface area contributed by atoms with Gasteiger partial charge in [0.2, 0.25) is 5.91 Å². The summed E-state index contributed by atoms with van der Waals surface area (Å²) in [6, 6.07) is 5.82. The molecule has 146 valence electrons. The lowest BCUT2D eigenvalue weighted by atomic mass is 9.95. The van der Waals surface area contributed by atoms with E-state index < -0.39 is 0 Å². The summed E-state index contributed by atoms with van der Waals surface area (Å²) in [5.74, 6) is 0.506. The SMILES string of the molecule is Cc1cc(C)n(C[C@@H](C)CNC(=O)C2CCN(C(=O)c3cccs3)CC2)n1. The highest BCUT2D eigenvalue weighted by molar-refractivity contribution is 7.12. The maximum atomic E-state index is 12.5. The van der Waals surface area contributed by atoms with Gasteiger partial charge in [0.25, 0.3) is 5.91 Å². The summed E-state index contributed by atoms with van der Waals surface area (Å²) < 4.78 is 2.00. The maximum absolute atomic E-state index is 12.5. The third kappa shape index (κ3) is 4.97. The smallest absolute Gasteiger partial charge is 0.263 e. The van der Waals surface area contributed by atoms with Crippen LogP contribution in [0.1, 0.15) is 40.8 Å². The molecule has 2 aromatic rings. The molecular weight excluding hydrogens is 360 g/mol. The average molecular weight is 389 g/mol. The number of carbonyl (C=O) groups is 2. The number of hydrogen-bond acceptors (Lipinski definition) is 4. The Morgan fingerprint density at radius 2 is 2.07 bits per heavy atom. The van der Waals surface area contributed by atoms with Crippen molar-refractivity contribution in [3.05, 3.63) is 39.8 Å². The minimum absolute atomic E-state index is 0.00160. The summed E-state index contributed by atoms with van der Waals surface area (Å²) in [6.45, 7) is 8.91. The quantitative estimate of drug-likeness (QED) is 0.827. The second-order valence-electron chi connectivity index (χ2n) is 7.50. The fraction of sp³-hybridized carbons (Fsp3) is 0.550. The van der Waals surface area contributed by atoms with Crippen LogP contribution in [-0.2, 0) is 11.3 Å². The second kappa shape index (κ2) is 8.69. The van der Waals surface area contributed by atoms with E-state index in [0.29, 0.717) is 25.6 Å². The van der Waals surface area contributed by atoms with Crippen LogP contribution in [0.3, 0.4) is 0 Å². The molecule has 1 N–H and O–H groups in total. The van der Waals surface area contributed by atoms with Crippen molar-refractivity contribution in [1.29, 1.82) is 0 Å². The van der Waals surface area contributed by atoms with Crippen LogP contribution in [0.15, 0.2) is 23.6 Å². The third-order valence-electron chi connectivity index (χ3n) is 5.10. The van der Waals surface area contributed by atoms with Crippen LogP contribution < -0.4 is 5.32 Å². The van der Waals surface area contributed by atoms with Gasteiger partial charge in [-0.15, -0.1) is 11.3 Å². The highest BCUT2D eigenvalue weighted by atomic mass is 32.1. The molecule has 0 aliphatic carbocycles. The Morgan fingerprint density at radius 3 is 2.67 bits per heavy atom. The standard InChI is InChI=1S/C20H28N4O2S/c1-14(13-24-16(3)11-15(2)22-24)12-21-19(25)17-6-8-23(9-7-17)20(26)18-5-4-10-27-18/h4-5,10-11,14,17H,6-9,12-13H2,1-3H3,(H,21,25)/t14-/m0/s1. The molecule has 0 spiro atoms. The first-order chi connectivity index (χ1) is 12.9. The molecule has 1 saturated heterocycles. The minimum atomic E-state index is -0.00160. The Bertz CT molecular complexity index is 776. The molecule has 2 amide bonds. The van der Waals surface area contributed by atoms with E-state index in [-0.39, 0.29) is 17.7 Å². The molecule has 0 radical (unpaired) electrons. The minimum Gasteiger partial charge on any atom is -0.356 e. The van der Waals surface area contributed by atoms with Crippen LogP contribution in [-0.4, -0.2) is 46.1 Å². The molecule has 0 saturated carbocycles. The van der Waals surface area contributed by atoms with Crippen molar-refractivity contribution in [3.63, 3.8) is 0 Å². The maximum Gasteiger partial charge on any atom is 0.263 e. The first kappa shape index (κ1) is 19.6. The number of nitrogens with zero attached hydrogens (tertiary/aromatic N) is 3. The summed E-state index contributed by atoms with van der Waals surface area (Å²) in [5, 5.41) is 9.49. The molecule has 7 heteroatoms. The van der Waals surface area contributed by atoms with E-state index in [1.807, 2.05) is 34.0 Å². The summed E-state index contributed by atoms with van der Waals surface area (Å²) in [7, 11) is 0. The Kier molecular flexibility index (Phi) is 6.31. The van der Waals surface area contributed by atoms with Crippen molar-refractivity contribution in [2.45, 2.75) is 40.2 Å². The summed E-state index contributed by atoms with van der Waals surface area (Å²) in [5.41, 5.74) is 2.17. The molecule has 3 heterocycles. The molecule has 3 rings (SSSR count). The van der Waals surface area contributed by atoms with Gasteiger partial charge in [0.1, 0.15) is 0 Å². The van der Waals surface area contributed by atoms with Crippen LogP contribution in [0.2, 0.25) is 0 Å². The zero-order chi connectivity index (χ0) is 19.4. The van der Waals surface area contributed by atoms with Crippen molar-refractivity contribution < 1.29 is 9.59 Å². The number of rotatable bonds is 6. The largest absolute Gasteiger partial charge is 0.356 e. The lowest BCUT2D eigenvalue weighted by molar-refractivity contribution is -0.126. The number of aromatic nitrogens is 2. The summed E-state index contributed by atoms with van der Waals surface area (Å²) in [6.07, 6.45) is 1.46. The number of carbonyl (C=O) groups excluding carboxylic acids is 2. The number of piperidine rings is 1. The fourth-order valence-electron chi connectivity index (χ4n) is 3.54. The van der Waals surface area contributed by atoms with Crippen LogP contribution >= 0.6 is 11.3 Å². The number of aryl methyl sites for hydroxylation is 2. The Hall–Kier alpha value is -2.15. The van der Waals surface area contributed by atoms with E-state index in [0.717, 1.165) is 35.7 Å². The topological polar surface area (TPSA) is 67.2 Å². The molecule has 0 unspecified atom stereocenters. The van der Waals surface area contributed by atoms with Crippen molar-refractivity contribution in [3.8, 4) is 0 Å². The number of hydrogen-bond donors (Lipinski definition) is 1. The van der Waals surface area contributed by atoms with Gasteiger partial charge in [-0.05, 0) is 50.1 Å². The highest BCUT2D eigenvalue weighted by Gasteiger charge is 2.28. The van der Waals surface area contributed by atoms with E-state index in [4.69, 9.17) is 0 Å². The predicted molar refractivity (Wildman–Crippen MR) is 107 cm³/mol. The number of thiophene rings is 1. The molecule has 27 heavy (non-hydrogen) atoms. The molecule has 1 atom stereocenters. The Labute approximate surface area is 164 Å². The fourth-order valence-corrected chi connectivity index (χ4v) is 4.23. The lowest BCUT2D eigenvalue weighted by Gasteiger charge is -2.31. The molecule has 0 bridgehead atoms. The van der Waals surface area contributed by atoms with Gasteiger partial charge in [-0.3, -0.25) is 14.3 Å². The van der Waals surface area contributed by atoms with Gasteiger partial charge in [-0.2, -0.15) is 5.10 Å². The monoisotopic (exact) mass is 388 g/mol. The van der Waals surface area contributed by atoms with E-state index in [1.165, 1.54) is 11.3 Å². The van der Waals surface area contributed by atoms with Crippen molar-refractivity contribution in [2.75, 3.05) is 19.6 Å². The molecular formula is C20H28N4O2S. The van der Waals surface area contributed by atoms with E-state index in [9.17, 15) is 9.59 Å². The van der Waals surface area contributed by atoms with Crippen LogP contribution in [0.5, 0.6) is 0 Å². The van der Waals surface area contributed by atoms with Crippen molar-refractivity contribution in [2.24, 2.45) is 11.8 Å². The van der Waals surface area contributed by atoms with E-state index in [2.05, 4.69) is 30.3 Å². The van der Waals surface area contributed by atoms with Gasteiger partial charge in [0.15, 0.2) is 0 Å². The second-order valence-corrected chi connectivity index (χ2v) is 8.45. The molecule has 1 fully saturated rings. The number of nitrogens with one attached hydrogen (secondary N) is 1. The van der Waals surface area contributed by atoms with Crippen molar-refractivity contribution >= 4 is 23.2 Å². The Balaban J connectivity index is 1.41. The van der Waals surface area contributed by atoms with Gasteiger partial charge in [0, 0.05) is 37.8 Å². The average Bonchev–Trinajstić information content (AvgIpc) is 3.29. The normalized spacial score (nSPS) is 16.3. The Morgan fingerprint density at radius 1 is 1.33 bits per heavy atom. The molecule has 2 aromatic heterocycles. The van der Waals surface area contributed by atoms with Gasteiger partial charge < -0.3 is 10.2 Å². The molecule has 0 aromatic carbocycles. The molecule has 1 aliphatic heterocycles. The zero-order valence-electron chi connectivity index (χ0n) is 16.3. The number of amides is 2. The van der Waals surface area contributed by atoms with Gasteiger partial charge >= 0.3 is 0 Å². The zero-order valence-corrected chi connectivity index (χ0v) is 17.1. The van der Waals surface area contributed by atoms with Gasteiger partial charge in [0.05, 0.1) is 10.6 Å². The molecule has 6 nitrogen and oxygen atoms in total. The summed E-state index contributed by atoms with van der Waals surface area (Å²) >= 11 is 1.47. The first-order valence-electron chi connectivity index (χ1n) is 9.55. The first-order valence-corrected chi connectivity index (χ1v) is 10.4. The van der Waals surface area contributed by atoms with Gasteiger partial charge in [-0.25, -0.2) is 0 Å². The highest BCUT2D eigenvalue weighted by Crippen LogP contribution is 2.21. The predicted octanol–water partition coefficient (Wildman–Crippen LogP) is 2.87. The van der Waals surface area contributed by atoms with Crippen LogP contribution in [0.25, 0.3) is 0 Å². The van der Waals surface area contributed by atoms with Crippen LogP contribution in [0.4, 0.5) is 0 Å². The summed E-state index contributed by atoms with van der Waals surface area (Å²) in [4.78, 5) is 27.5. The number of likely N-dealkylation sites (tertiary alicyclic amines) is 1. The lowest BCUT2D eigenvalue weighted by Crippen LogP contribution is -2.43.